The molecular formula is C13H22N2O3. The van der Waals surface area contributed by atoms with Crippen LogP contribution in [0, 0.1) is 0 Å². The molecule has 0 amide bonds. The Bertz CT molecular complexity index is 321. The first-order chi connectivity index (χ1) is 8.88. The van der Waals surface area contributed by atoms with E-state index in [1.54, 1.807) is 19.5 Å². The van der Waals surface area contributed by atoms with E-state index >= 15 is 0 Å². The lowest BCUT2D eigenvalue weighted by Gasteiger charge is -2.10. The summed E-state index contributed by atoms with van der Waals surface area (Å²) in [6.07, 6.45) is 4.41. The lowest BCUT2D eigenvalue weighted by molar-refractivity contribution is 0.0803. The van der Waals surface area contributed by atoms with Gasteiger partial charge < -0.3 is 19.5 Å². The highest BCUT2D eigenvalue weighted by molar-refractivity contribution is 5.29. The smallest absolute Gasteiger partial charge is 0.142 e. The summed E-state index contributed by atoms with van der Waals surface area (Å²) < 4.78 is 16.0. The predicted octanol–water partition coefficient (Wildman–Crippen LogP) is 1.23. The molecule has 1 heterocycles. The molecule has 1 aromatic heterocycles. The minimum atomic E-state index is 0.537. The lowest BCUT2D eigenvalue weighted by Crippen LogP contribution is -2.11. The molecule has 0 bridgehead atoms. The summed E-state index contributed by atoms with van der Waals surface area (Å²) in [6.45, 7) is 3.32. The van der Waals surface area contributed by atoms with Gasteiger partial charge >= 0.3 is 0 Å². The van der Waals surface area contributed by atoms with Crippen molar-refractivity contribution in [1.82, 2.24) is 10.3 Å². The number of nitrogens with zero attached hydrogens (tertiary/aromatic N) is 1. The minimum absolute atomic E-state index is 0.537. The van der Waals surface area contributed by atoms with E-state index in [9.17, 15) is 0 Å². The average Bonchev–Trinajstić information content (AvgIpc) is 2.40. The van der Waals surface area contributed by atoms with Gasteiger partial charge in [-0.25, -0.2) is 0 Å². The van der Waals surface area contributed by atoms with Gasteiger partial charge in [0.1, 0.15) is 12.4 Å². The molecule has 1 N–H and O–H groups in total. The van der Waals surface area contributed by atoms with E-state index in [4.69, 9.17) is 14.2 Å². The fourth-order valence-electron chi connectivity index (χ4n) is 1.49. The predicted molar refractivity (Wildman–Crippen MR) is 69.8 cm³/mol. The van der Waals surface area contributed by atoms with Crippen LogP contribution in [0.25, 0.3) is 0 Å². The molecule has 0 saturated heterocycles. The van der Waals surface area contributed by atoms with Crippen LogP contribution in [0.3, 0.4) is 0 Å². The summed E-state index contributed by atoms with van der Waals surface area (Å²) in [4.78, 5) is 4.06. The molecule has 0 unspecified atom stereocenters. The van der Waals surface area contributed by atoms with Crippen molar-refractivity contribution in [2.45, 2.75) is 13.0 Å². The van der Waals surface area contributed by atoms with Crippen molar-refractivity contribution < 1.29 is 14.2 Å². The van der Waals surface area contributed by atoms with Crippen LogP contribution in [0.5, 0.6) is 5.75 Å². The fraction of sp³-hybridized carbons (Fsp3) is 0.615. The summed E-state index contributed by atoms with van der Waals surface area (Å²) >= 11 is 0. The molecule has 0 aliphatic heterocycles. The van der Waals surface area contributed by atoms with Crippen molar-refractivity contribution in [3.8, 4) is 5.75 Å². The van der Waals surface area contributed by atoms with Gasteiger partial charge in [-0.05, 0) is 19.5 Å². The molecule has 0 fully saturated rings. The molecule has 5 heteroatoms. The Morgan fingerprint density at radius 2 is 2.11 bits per heavy atom. The van der Waals surface area contributed by atoms with Gasteiger partial charge in [-0.3, -0.25) is 4.98 Å². The van der Waals surface area contributed by atoms with Crippen LogP contribution in [0.1, 0.15) is 12.0 Å². The molecule has 0 saturated carbocycles. The van der Waals surface area contributed by atoms with Crippen LogP contribution in [0.4, 0.5) is 0 Å². The summed E-state index contributed by atoms with van der Waals surface area (Å²) in [6, 6.07) is 1.95. The molecule has 0 aliphatic carbocycles. The van der Waals surface area contributed by atoms with E-state index in [1.165, 1.54) is 0 Å². The van der Waals surface area contributed by atoms with Crippen LogP contribution < -0.4 is 10.1 Å². The maximum absolute atomic E-state index is 5.64. The van der Waals surface area contributed by atoms with Crippen molar-refractivity contribution in [3.05, 3.63) is 24.0 Å². The van der Waals surface area contributed by atoms with E-state index < -0.39 is 0 Å². The highest BCUT2D eigenvalue weighted by Gasteiger charge is 2.02. The van der Waals surface area contributed by atoms with Crippen LogP contribution in [0.15, 0.2) is 18.5 Å². The molecule has 102 valence electrons. The zero-order chi connectivity index (χ0) is 13.1. The first-order valence-electron chi connectivity index (χ1n) is 6.15. The third kappa shape index (κ3) is 5.95. The average molecular weight is 254 g/mol. The Kier molecular flexibility index (Phi) is 8.12. The molecule has 0 aromatic carbocycles. The van der Waals surface area contributed by atoms with Crippen LogP contribution >= 0.6 is 0 Å². The van der Waals surface area contributed by atoms with E-state index in [0.29, 0.717) is 19.8 Å². The van der Waals surface area contributed by atoms with Crippen LogP contribution in [-0.2, 0) is 16.0 Å². The van der Waals surface area contributed by atoms with Gasteiger partial charge in [0.15, 0.2) is 0 Å². The molecule has 18 heavy (non-hydrogen) atoms. The summed E-state index contributed by atoms with van der Waals surface area (Å²) in [5.74, 6) is 0.812. The number of pyridine rings is 1. The molecule has 1 aromatic rings. The zero-order valence-corrected chi connectivity index (χ0v) is 11.1. The number of ether oxygens (including phenoxy) is 3. The second-order valence-corrected chi connectivity index (χ2v) is 3.82. The fourth-order valence-corrected chi connectivity index (χ4v) is 1.49. The highest BCUT2D eigenvalue weighted by Crippen LogP contribution is 2.15. The first kappa shape index (κ1) is 14.9. The Morgan fingerprint density at radius 1 is 1.22 bits per heavy atom. The number of rotatable bonds is 10. The molecule has 0 aliphatic rings. The second kappa shape index (κ2) is 9.82. The van der Waals surface area contributed by atoms with Crippen molar-refractivity contribution in [2.24, 2.45) is 0 Å². The number of nitrogens with one attached hydrogen (secondary N) is 1. The third-order valence-corrected chi connectivity index (χ3v) is 2.36. The maximum atomic E-state index is 5.64. The SMILES string of the molecule is CNCc1ccncc1OCCOCCCOC. The van der Waals surface area contributed by atoms with Crippen molar-refractivity contribution in [1.29, 1.82) is 0 Å². The quantitative estimate of drug-likeness (QED) is 0.637. The maximum Gasteiger partial charge on any atom is 0.142 e. The molecule has 0 radical (unpaired) electrons. The highest BCUT2D eigenvalue weighted by atomic mass is 16.5. The number of hydrogen-bond donors (Lipinski definition) is 1. The second-order valence-electron chi connectivity index (χ2n) is 3.82. The monoisotopic (exact) mass is 254 g/mol. The van der Waals surface area contributed by atoms with E-state index in [2.05, 4.69) is 10.3 Å². The minimum Gasteiger partial charge on any atom is -0.489 e. The van der Waals surface area contributed by atoms with Gasteiger partial charge in [0.05, 0.1) is 12.8 Å². The molecular weight excluding hydrogens is 232 g/mol. The van der Waals surface area contributed by atoms with Crippen molar-refractivity contribution in [3.63, 3.8) is 0 Å². The van der Waals surface area contributed by atoms with Gasteiger partial charge in [0.2, 0.25) is 0 Å². The van der Waals surface area contributed by atoms with Gasteiger partial charge in [0, 0.05) is 38.6 Å². The molecule has 0 atom stereocenters. The van der Waals surface area contributed by atoms with E-state index in [1.807, 2.05) is 13.1 Å². The molecule has 5 nitrogen and oxygen atoms in total. The Morgan fingerprint density at radius 3 is 2.89 bits per heavy atom. The summed E-state index contributed by atoms with van der Waals surface area (Å²) in [7, 11) is 3.60. The number of methoxy groups -OCH3 is 1. The van der Waals surface area contributed by atoms with Gasteiger partial charge in [-0.2, -0.15) is 0 Å². The zero-order valence-electron chi connectivity index (χ0n) is 11.1. The van der Waals surface area contributed by atoms with Crippen LogP contribution in [-0.4, -0.2) is 45.6 Å². The van der Waals surface area contributed by atoms with Gasteiger partial charge in [-0.1, -0.05) is 0 Å². The number of hydrogen-bond acceptors (Lipinski definition) is 5. The normalized spacial score (nSPS) is 10.6. The summed E-state index contributed by atoms with van der Waals surface area (Å²) in [5, 5.41) is 3.10. The van der Waals surface area contributed by atoms with Gasteiger partial charge in [-0.15, -0.1) is 0 Å². The Labute approximate surface area is 108 Å². The molecule has 1 rings (SSSR count). The first-order valence-corrected chi connectivity index (χ1v) is 6.15. The number of aromatic nitrogens is 1. The largest absolute Gasteiger partial charge is 0.489 e. The van der Waals surface area contributed by atoms with E-state index in [-0.39, 0.29) is 0 Å². The molecule has 0 spiro atoms. The van der Waals surface area contributed by atoms with Gasteiger partial charge in [0.25, 0.3) is 0 Å². The third-order valence-electron chi connectivity index (χ3n) is 2.36. The Balaban J connectivity index is 2.18. The summed E-state index contributed by atoms with van der Waals surface area (Å²) in [5.41, 5.74) is 1.10. The Hall–Kier alpha value is -1.17. The van der Waals surface area contributed by atoms with E-state index in [0.717, 1.165) is 30.9 Å². The lowest BCUT2D eigenvalue weighted by atomic mass is 10.2. The van der Waals surface area contributed by atoms with Crippen molar-refractivity contribution in [2.75, 3.05) is 40.6 Å². The van der Waals surface area contributed by atoms with Crippen molar-refractivity contribution >= 4 is 0 Å². The van der Waals surface area contributed by atoms with Crippen LogP contribution in [0.2, 0.25) is 0 Å². The topological polar surface area (TPSA) is 52.6 Å². The standard InChI is InChI=1S/C13H22N2O3/c1-14-10-12-4-5-15-11-13(12)18-9-8-17-7-3-6-16-2/h4-5,11,14H,3,6-10H2,1-2H3.